The molecule has 0 aliphatic carbocycles. The lowest BCUT2D eigenvalue weighted by Crippen LogP contribution is -2.16. The summed E-state index contributed by atoms with van der Waals surface area (Å²) in [6, 6.07) is 19.7. The standard InChI is InChI=1S/C23H23NO3/c1-16-13-21(17(2)24(16)3)22(25)15-27-23(26)14-18-9-11-20(12-10-18)19-7-5-4-6-8-19/h4-13H,14-15H2,1-3H3. The minimum atomic E-state index is -0.402. The second kappa shape index (κ2) is 8.04. The number of aromatic nitrogens is 1. The first-order valence-corrected chi connectivity index (χ1v) is 8.92. The number of benzene rings is 2. The highest BCUT2D eigenvalue weighted by Gasteiger charge is 2.16. The second-order valence-electron chi connectivity index (χ2n) is 6.67. The number of hydrogen-bond acceptors (Lipinski definition) is 3. The molecule has 0 aliphatic heterocycles. The average Bonchev–Trinajstić information content (AvgIpc) is 2.95. The van der Waals surface area contributed by atoms with E-state index in [1.807, 2.05) is 86.1 Å². The molecule has 1 aromatic heterocycles. The van der Waals surface area contributed by atoms with Gasteiger partial charge in [0.05, 0.1) is 6.42 Å². The van der Waals surface area contributed by atoms with E-state index in [0.29, 0.717) is 5.56 Å². The van der Waals surface area contributed by atoms with Crippen molar-refractivity contribution in [1.82, 2.24) is 4.57 Å². The summed E-state index contributed by atoms with van der Waals surface area (Å²) < 4.78 is 7.13. The maximum atomic E-state index is 12.3. The van der Waals surface area contributed by atoms with Crippen molar-refractivity contribution in [2.45, 2.75) is 20.3 Å². The molecule has 0 atom stereocenters. The molecule has 2 aromatic carbocycles. The first-order valence-electron chi connectivity index (χ1n) is 8.92. The van der Waals surface area contributed by atoms with E-state index in [-0.39, 0.29) is 18.8 Å². The van der Waals surface area contributed by atoms with Gasteiger partial charge in [0.15, 0.2) is 6.61 Å². The number of aryl methyl sites for hydroxylation is 1. The van der Waals surface area contributed by atoms with Gasteiger partial charge in [-0.3, -0.25) is 9.59 Å². The molecule has 0 radical (unpaired) electrons. The number of hydrogen-bond donors (Lipinski definition) is 0. The van der Waals surface area contributed by atoms with Gasteiger partial charge in [0.1, 0.15) is 0 Å². The zero-order valence-electron chi connectivity index (χ0n) is 15.9. The van der Waals surface area contributed by atoms with Gasteiger partial charge in [-0.15, -0.1) is 0 Å². The summed E-state index contributed by atoms with van der Waals surface area (Å²) in [6.07, 6.45) is 0.148. The minimum Gasteiger partial charge on any atom is -0.457 e. The molecule has 0 unspecified atom stereocenters. The molecule has 0 saturated carbocycles. The van der Waals surface area contributed by atoms with E-state index < -0.39 is 5.97 Å². The number of ether oxygens (including phenoxy) is 1. The van der Waals surface area contributed by atoms with E-state index in [2.05, 4.69) is 0 Å². The highest BCUT2D eigenvalue weighted by atomic mass is 16.5. The summed E-state index contributed by atoms with van der Waals surface area (Å²) in [5, 5.41) is 0. The Morgan fingerprint density at radius 1 is 0.926 bits per heavy atom. The number of carbonyl (C=O) groups is 2. The van der Waals surface area contributed by atoms with E-state index in [1.54, 1.807) is 0 Å². The molecule has 0 spiro atoms. The third-order valence-corrected chi connectivity index (χ3v) is 4.85. The Bertz CT molecular complexity index is 953. The predicted octanol–water partition coefficient (Wildman–Crippen LogP) is 4.28. The topological polar surface area (TPSA) is 48.3 Å². The lowest BCUT2D eigenvalue weighted by Gasteiger charge is -2.06. The lowest BCUT2D eigenvalue weighted by molar-refractivity contribution is -0.141. The van der Waals surface area contributed by atoms with Crippen LogP contribution in [-0.4, -0.2) is 22.9 Å². The molecular weight excluding hydrogens is 338 g/mol. The van der Waals surface area contributed by atoms with E-state index in [9.17, 15) is 9.59 Å². The number of carbonyl (C=O) groups excluding carboxylic acids is 2. The second-order valence-corrected chi connectivity index (χ2v) is 6.67. The van der Waals surface area contributed by atoms with Crippen LogP contribution in [0.5, 0.6) is 0 Å². The zero-order chi connectivity index (χ0) is 19.4. The smallest absolute Gasteiger partial charge is 0.310 e. The van der Waals surface area contributed by atoms with Gasteiger partial charge in [0.25, 0.3) is 0 Å². The van der Waals surface area contributed by atoms with E-state index >= 15 is 0 Å². The maximum Gasteiger partial charge on any atom is 0.310 e. The molecule has 138 valence electrons. The molecular formula is C23H23NO3. The quantitative estimate of drug-likeness (QED) is 0.486. The normalized spacial score (nSPS) is 10.6. The highest BCUT2D eigenvalue weighted by Crippen LogP contribution is 2.19. The largest absolute Gasteiger partial charge is 0.457 e. The first-order chi connectivity index (χ1) is 13.0. The molecule has 3 rings (SSSR count). The van der Waals surface area contributed by atoms with Crippen LogP contribution in [0.3, 0.4) is 0 Å². The molecule has 4 nitrogen and oxygen atoms in total. The van der Waals surface area contributed by atoms with Crippen molar-refractivity contribution in [1.29, 1.82) is 0 Å². The van der Waals surface area contributed by atoms with Gasteiger partial charge in [-0.2, -0.15) is 0 Å². The van der Waals surface area contributed by atoms with Gasteiger partial charge in [0, 0.05) is 24.0 Å². The number of nitrogens with zero attached hydrogens (tertiary/aromatic N) is 1. The van der Waals surface area contributed by atoms with Crippen LogP contribution in [0, 0.1) is 13.8 Å². The van der Waals surface area contributed by atoms with E-state index in [0.717, 1.165) is 28.1 Å². The fourth-order valence-corrected chi connectivity index (χ4v) is 3.02. The number of esters is 1. The monoisotopic (exact) mass is 361 g/mol. The Morgan fingerprint density at radius 2 is 1.56 bits per heavy atom. The number of Topliss-reactive ketones (excluding diaryl/α,β-unsaturated/α-hetero) is 1. The third kappa shape index (κ3) is 4.34. The van der Waals surface area contributed by atoms with Crippen molar-refractivity contribution >= 4 is 11.8 Å². The fourth-order valence-electron chi connectivity index (χ4n) is 3.02. The summed E-state index contributed by atoms with van der Waals surface area (Å²) in [5.41, 5.74) is 5.57. The van der Waals surface area contributed by atoms with Crippen molar-refractivity contribution in [2.75, 3.05) is 6.61 Å². The molecule has 0 N–H and O–H groups in total. The van der Waals surface area contributed by atoms with Crippen LogP contribution in [0.2, 0.25) is 0 Å². The van der Waals surface area contributed by atoms with Crippen LogP contribution in [0.4, 0.5) is 0 Å². The molecule has 0 bridgehead atoms. The van der Waals surface area contributed by atoms with E-state index in [4.69, 9.17) is 4.74 Å². The van der Waals surface area contributed by atoms with Gasteiger partial charge in [-0.05, 0) is 36.6 Å². The van der Waals surface area contributed by atoms with Gasteiger partial charge in [-0.25, -0.2) is 0 Å². The van der Waals surface area contributed by atoms with Crippen molar-refractivity contribution in [2.24, 2.45) is 7.05 Å². The molecule has 0 amide bonds. The molecule has 27 heavy (non-hydrogen) atoms. The lowest BCUT2D eigenvalue weighted by atomic mass is 10.0. The third-order valence-electron chi connectivity index (χ3n) is 4.85. The van der Waals surface area contributed by atoms with Crippen LogP contribution in [0.25, 0.3) is 11.1 Å². The van der Waals surface area contributed by atoms with E-state index in [1.165, 1.54) is 0 Å². The molecule has 0 saturated heterocycles. The summed E-state index contributed by atoms with van der Waals surface area (Å²) in [7, 11) is 1.91. The van der Waals surface area contributed by atoms with Gasteiger partial charge in [0.2, 0.25) is 5.78 Å². The maximum absolute atomic E-state index is 12.3. The zero-order valence-corrected chi connectivity index (χ0v) is 15.9. The number of rotatable bonds is 6. The summed E-state index contributed by atoms with van der Waals surface area (Å²) >= 11 is 0. The van der Waals surface area contributed by atoms with Crippen LogP contribution in [-0.2, 0) is 23.0 Å². The molecule has 4 heteroatoms. The predicted molar refractivity (Wildman–Crippen MR) is 106 cm³/mol. The summed E-state index contributed by atoms with van der Waals surface area (Å²) in [6.45, 7) is 3.59. The van der Waals surface area contributed by atoms with Crippen LogP contribution in [0.1, 0.15) is 27.3 Å². The van der Waals surface area contributed by atoms with Crippen molar-refractivity contribution in [3.05, 3.63) is 83.2 Å². The first kappa shape index (κ1) is 18.6. The van der Waals surface area contributed by atoms with Gasteiger partial charge < -0.3 is 9.30 Å². The minimum absolute atomic E-state index is 0.148. The van der Waals surface area contributed by atoms with Crippen molar-refractivity contribution in [3.8, 4) is 11.1 Å². The highest BCUT2D eigenvalue weighted by molar-refractivity contribution is 5.99. The van der Waals surface area contributed by atoms with Gasteiger partial charge >= 0.3 is 5.97 Å². The number of ketones is 1. The Balaban J connectivity index is 1.56. The Labute approximate surface area is 159 Å². The molecule has 0 aliphatic rings. The average molecular weight is 361 g/mol. The van der Waals surface area contributed by atoms with Crippen molar-refractivity contribution < 1.29 is 14.3 Å². The SMILES string of the molecule is Cc1cc(C(=O)COC(=O)Cc2ccc(-c3ccccc3)cc2)c(C)n1C. The fraction of sp³-hybridized carbons (Fsp3) is 0.217. The van der Waals surface area contributed by atoms with Crippen LogP contribution < -0.4 is 0 Å². The molecule has 0 fully saturated rings. The molecule has 3 aromatic rings. The Kier molecular flexibility index (Phi) is 5.55. The Hall–Kier alpha value is -3.14. The van der Waals surface area contributed by atoms with Crippen molar-refractivity contribution in [3.63, 3.8) is 0 Å². The van der Waals surface area contributed by atoms with Gasteiger partial charge in [-0.1, -0.05) is 54.6 Å². The van der Waals surface area contributed by atoms with Crippen LogP contribution >= 0.6 is 0 Å². The summed E-state index contributed by atoms with van der Waals surface area (Å²) in [5.74, 6) is -0.579. The Morgan fingerprint density at radius 3 is 2.15 bits per heavy atom. The molecule has 1 heterocycles. The van der Waals surface area contributed by atoms with Crippen LogP contribution in [0.15, 0.2) is 60.7 Å². The summed E-state index contributed by atoms with van der Waals surface area (Å²) in [4.78, 5) is 24.4.